The number of fused-ring (bicyclic) bond motifs is 1. The van der Waals surface area contributed by atoms with Gasteiger partial charge in [0.2, 0.25) is 10.0 Å². The molecular formula is C28H28N4O4S2. The maximum Gasteiger partial charge on any atom is 0.256 e. The third-order valence-corrected chi connectivity index (χ3v) is 9.34. The Hall–Kier alpha value is -3.60. The van der Waals surface area contributed by atoms with Crippen molar-refractivity contribution in [2.24, 2.45) is 0 Å². The molecule has 3 aromatic carbocycles. The highest BCUT2D eigenvalue weighted by Gasteiger charge is 2.26. The van der Waals surface area contributed by atoms with Gasteiger partial charge in [0.15, 0.2) is 0 Å². The first-order chi connectivity index (χ1) is 18.4. The molecule has 4 aromatic rings. The second-order valence-electron chi connectivity index (χ2n) is 8.66. The van der Waals surface area contributed by atoms with Crippen LogP contribution in [0.25, 0.3) is 5.69 Å². The van der Waals surface area contributed by atoms with E-state index < -0.39 is 10.0 Å². The molecule has 196 valence electrons. The van der Waals surface area contributed by atoms with Crippen LogP contribution in [0.5, 0.6) is 11.5 Å². The number of para-hydroxylation sites is 1. The molecule has 1 aromatic heterocycles. The topological polar surface area (TPSA) is 93.5 Å². The van der Waals surface area contributed by atoms with E-state index in [9.17, 15) is 13.2 Å². The number of benzene rings is 3. The first kappa shape index (κ1) is 26.0. The Kier molecular flexibility index (Phi) is 7.55. The van der Waals surface area contributed by atoms with Crippen LogP contribution in [0, 0.1) is 0 Å². The molecule has 38 heavy (non-hydrogen) atoms. The second kappa shape index (κ2) is 11.0. The third-order valence-electron chi connectivity index (χ3n) is 6.30. The number of anilines is 1. The van der Waals surface area contributed by atoms with E-state index in [4.69, 9.17) is 9.84 Å². The number of rotatable bonds is 9. The summed E-state index contributed by atoms with van der Waals surface area (Å²) in [6.45, 7) is 4.36. The van der Waals surface area contributed by atoms with Crippen LogP contribution in [0.3, 0.4) is 0 Å². The number of thioether (sulfide) groups is 1. The highest BCUT2D eigenvalue weighted by atomic mass is 32.2. The zero-order valence-electron chi connectivity index (χ0n) is 21.1. The normalized spacial score (nSPS) is 12.9. The van der Waals surface area contributed by atoms with Crippen molar-refractivity contribution in [3.8, 4) is 17.2 Å². The summed E-state index contributed by atoms with van der Waals surface area (Å²) in [7, 11) is -3.59. The van der Waals surface area contributed by atoms with Crippen molar-refractivity contribution in [3.63, 3.8) is 0 Å². The lowest BCUT2D eigenvalue weighted by molar-refractivity contribution is 0.102. The molecule has 5 rings (SSSR count). The molecule has 2 heterocycles. The summed E-state index contributed by atoms with van der Waals surface area (Å²) in [6.07, 6.45) is 0. The maximum absolute atomic E-state index is 13.2. The molecule has 0 atom stereocenters. The average Bonchev–Trinajstić information content (AvgIpc) is 3.53. The fourth-order valence-electron chi connectivity index (χ4n) is 4.28. The van der Waals surface area contributed by atoms with Gasteiger partial charge >= 0.3 is 0 Å². The Morgan fingerprint density at radius 1 is 0.947 bits per heavy atom. The molecule has 1 amide bonds. The van der Waals surface area contributed by atoms with Crippen molar-refractivity contribution in [1.82, 2.24) is 14.1 Å². The van der Waals surface area contributed by atoms with Crippen LogP contribution in [0.2, 0.25) is 0 Å². The van der Waals surface area contributed by atoms with E-state index in [0.717, 1.165) is 34.2 Å². The molecule has 0 saturated carbocycles. The van der Waals surface area contributed by atoms with Crippen molar-refractivity contribution < 1.29 is 17.9 Å². The van der Waals surface area contributed by atoms with E-state index >= 15 is 0 Å². The SMILES string of the molecule is CCN(CC)S(=O)(=O)c1ccc(C(=O)Nc2c3c(nn2-c2ccc(Oc4ccccc4)cc2)CSC3)cc1. The zero-order valence-corrected chi connectivity index (χ0v) is 22.8. The smallest absolute Gasteiger partial charge is 0.256 e. The molecule has 0 spiro atoms. The van der Waals surface area contributed by atoms with Gasteiger partial charge in [0.05, 0.1) is 16.3 Å². The van der Waals surface area contributed by atoms with E-state index in [1.54, 1.807) is 30.3 Å². The lowest BCUT2D eigenvalue weighted by Crippen LogP contribution is -2.30. The van der Waals surface area contributed by atoms with E-state index in [0.29, 0.717) is 30.2 Å². The number of hydrogen-bond donors (Lipinski definition) is 1. The number of amides is 1. The Labute approximate surface area is 226 Å². The molecule has 1 aliphatic rings. The lowest BCUT2D eigenvalue weighted by atomic mass is 10.2. The number of nitrogens with zero attached hydrogens (tertiary/aromatic N) is 3. The van der Waals surface area contributed by atoms with Gasteiger partial charge in [-0.05, 0) is 60.7 Å². The number of aromatic nitrogens is 2. The molecule has 0 unspecified atom stereocenters. The van der Waals surface area contributed by atoms with Crippen LogP contribution in [-0.4, -0.2) is 41.5 Å². The maximum atomic E-state index is 13.2. The third kappa shape index (κ3) is 5.20. The largest absolute Gasteiger partial charge is 0.457 e. The van der Waals surface area contributed by atoms with Gasteiger partial charge in [-0.1, -0.05) is 32.0 Å². The van der Waals surface area contributed by atoms with Crippen molar-refractivity contribution >= 4 is 33.5 Å². The standard InChI is InChI=1S/C28H28N4O4S2/c1-3-31(4-2)38(34,35)24-16-10-20(11-17-24)28(33)29-27-25-18-37-19-26(25)30-32(27)21-12-14-23(15-13-21)36-22-8-6-5-7-9-22/h5-17H,3-4,18-19H2,1-2H3,(H,29,33). The molecule has 0 saturated heterocycles. The summed E-state index contributed by atoms with van der Waals surface area (Å²) in [4.78, 5) is 13.4. The second-order valence-corrected chi connectivity index (χ2v) is 11.6. The molecule has 1 N–H and O–H groups in total. The highest BCUT2D eigenvalue weighted by Crippen LogP contribution is 2.36. The highest BCUT2D eigenvalue weighted by molar-refractivity contribution is 7.98. The van der Waals surface area contributed by atoms with E-state index in [-0.39, 0.29) is 10.8 Å². The van der Waals surface area contributed by atoms with Crippen LogP contribution >= 0.6 is 11.8 Å². The zero-order chi connectivity index (χ0) is 26.7. The minimum atomic E-state index is -3.59. The molecule has 0 radical (unpaired) electrons. The van der Waals surface area contributed by atoms with Crippen LogP contribution < -0.4 is 10.1 Å². The predicted molar refractivity (Wildman–Crippen MR) is 150 cm³/mol. The van der Waals surface area contributed by atoms with Gasteiger partial charge in [0.25, 0.3) is 5.91 Å². The Bertz CT molecular complexity index is 1530. The van der Waals surface area contributed by atoms with Crippen molar-refractivity contribution in [1.29, 1.82) is 0 Å². The molecule has 10 heteroatoms. The summed E-state index contributed by atoms with van der Waals surface area (Å²) in [5, 5.41) is 7.78. The number of ether oxygens (including phenoxy) is 1. The Morgan fingerprint density at radius 3 is 2.26 bits per heavy atom. The fraction of sp³-hybridized carbons (Fsp3) is 0.214. The molecular weight excluding hydrogens is 520 g/mol. The summed E-state index contributed by atoms with van der Waals surface area (Å²) < 4.78 is 34.6. The number of carbonyl (C=O) groups excluding carboxylic acids is 1. The van der Waals surface area contributed by atoms with Crippen molar-refractivity contribution in [2.45, 2.75) is 30.2 Å². The molecule has 8 nitrogen and oxygen atoms in total. The number of nitrogens with one attached hydrogen (secondary N) is 1. The van der Waals surface area contributed by atoms with Gasteiger partial charge in [0, 0.05) is 35.7 Å². The van der Waals surface area contributed by atoms with Gasteiger partial charge in [0.1, 0.15) is 17.3 Å². The van der Waals surface area contributed by atoms with Gasteiger partial charge < -0.3 is 10.1 Å². The molecule has 0 bridgehead atoms. The summed E-state index contributed by atoms with van der Waals surface area (Å²) >= 11 is 1.75. The van der Waals surface area contributed by atoms with E-state index in [1.165, 1.54) is 28.6 Å². The lowest BCUT2D eigenvalue weighted by Gasteiger charge is -2.18. The fourth-order valence-corrected chi connectivity index (χ4v) is 6.77. The van der Waals surface area contributed by atoms with Gasteiger partial charge in [-0.25, -0.2) is 13.1 Å². The minimum absolute atomic E-state index is 0.165. The summed E-state index contributed by atoms with van der Waals surface area (Å²) in [5.74, 6) is 3.26. The Morgan fingerprint density at radius 2 is 1.61 bits per heavy atom. The van der Waals surface area contributed by atoms with Gasteiger partial charge in [-0.2, -0.15) is 21.2 Å². The number of hydrogen-bond acceptors (Lipinski definition) is 6. The molecule has 0 fully saturated rings. The molecule has 0 aliphatic carbocycles. The van der Waals surface area contributed by atoms with Crippen LogP contribution in [0.15, 0.2) is 83.8 Å². The number of carbonyl (C=O) groups is 1. The Balaban J connectivity index is 1.38. The van der Waals surface area contributed by atoms with Gasteiger partial charge in [-0.3, -0.25) is 4.79 Å². The minimum Gasteiger partial charge on any atom is -0.457 e. The van der Waals surface area contributed by atoms with E-state index in [2.05, 4.69) is 5.32 Å². The average molecular weight is 549 g/mol. The van der Waals surface area contributed by atoms with Crippen LogP contribution in [0.1, 0.15) is 35.5 Å². The quantitative estimate of drug-likeness (QED) is 0.289. The van der Waals surface area contributed by atoms with Crippen LogP contribution in [-0.2, 0) is 21.5 Å². The van der Waals surface area contributed by atoms with E-state index in [1.807, 2.05) is 54.6 Å². The van der Waals surface area contributed by atoms with Crippen molar-refractivity contribution in [2.75, 3.05) is 18.4 Å². The van der Waals surface area contributed by atoms with Crippen LogP contribution in [0.4, 0.5) is 5.82 Å². The first-order valence-corrected chi connectivity index (χ1v) is 14.9. The first-order valence-electron chi connectivity index (χ1n) is 12.3. The predicted octanol–water partition coefficient (Wildman–Crippen LogP) is 5.69. The summed E-state index contributed by atoms with van der Waals surface area (Å²) in [5.41, 5.74) is 3.09. The van der Waals surface area contributed by atoms with Gasteiger partial charge in [-0.15, -0.1) is 0 Å². The van der Waals surface area contributed by atoms with Crippen molar-refractivity contribution in [3.05, 3.63) is 95.7 Å². The number of sulfonamides is 1. The monoisotopic (exact) mass is 548 g/mol. The summed E-state index contributed by atoms with van der Waals surface area (Å²) in [6, 6.07) is 23.1. The molecule has 1 aliphatic heterocycles.